The SMILES string of the molecule is CN(CC(=O)NC1CCN(CC(=O)Nc2ccccc2)CC1)C(=O)c1ccccc1. The standard InChI is InChI=1S/C23H28N4O3/c1-26(23(30)18-8-4-2-5-9-18)16-21(28)25-20-12-14-27(15-13-20)17-22(29)24-19-10-6-3-7-11-19/h2-11,20H,12-17H2,1H3,(H,24,29)(H,25,28). The molecule has 0 atom stereocenters. The third-order valence-electron chi connectivity index (χ3n) is 5.13. The summed E-state index contributed by atoms with van der Waals surface area (Å²) < 4.78 is 0. The minimum atomic E-state index is -0.176. The van der Waals surface area contributed by atoms with Crippen molar-refractivity contribution < 1.29 is 14.4 Å². The lowest BCUT2D eigenvalue weighted by molar-refractivity contribution is -0.123. The van der Waals surface area contributed by atoms with E-state index in [1.807, 2.05) is 36.4 Å². The highest BCUT2D eigenvalue weighted by Crippen LogP contribution is 2.11. The van der Waals surface area contributed by atoms with Crippen LogP contribution in [0.2, 0.25) is 0 Å². The van der Waals surface area contributed by atoms with E-state index in [9.17, 15) is 14.4 Å². The van der Waals surface area contributed by atoms with Crippen molar-refractivity contribution in [2.24, 2.45) is 0 Å². The number of likely N-dealkylation sites (N-methyl/N-ethyl adjacent to an activating group) is 1. The molecule has 0 radical (unpaired) electrons. The summed E-state index contributed by atoms with van der Waals surface area (Å²) in [7, 11) is 1.63. The van der Waals surface area contributed by atoms with Crippen molar-refractivity contribution in [3.8, 4) is 0 Å². The molecule has 0 saturated carbocycles. The van der Waals surface area contributed by atoms with E-state index in [-0.39, 0.29) is 30.3 Å². The molecule has 1 heterocycles. The van der Waals surface area contributed by atoms with Crippen LogP contribution in [0.5, 0.6) is 0 Å². The minimum Gasteiger partial charge on any atom is -0.352 e. The lowest BCUT2D eigenvalue weighted by atomic mass is 10.0. The fourth-order valence-corrected chi connectivity index (χ4v) is 3.52. The number of hydrogen-bond acceptors (Lipinski definition) is 4. The van der Waals surface area contributed by atoms with Crippen LogP contribution in [-0.2, 0) is 9.59 Å². The van der Waals surface area contributed by atoms with Gasteiger partial charge in [0.05, 0.1) is 13.1 Å². The fraction of sp³-hybridized carbons (Fsp3) is 0.348. The number of likely N-dealkylation sites (tertiary alicyclic amines) is 1. The van der Waals surface area contributed by atoms with E-state index in [1.54, 1.807) is 31.3 Å². The van der Waals surface area contributed by atoms with E-state index in [1.165, 1.54) is 4.90 Å². The molecule has 0 bridgehead atoms. The Morgan fingerprint density at radius 3 is 2.17 bits per heavy atom. The predicted molar refractivity (Wildman–Crippen MR) is 116 cm³/mol. The van der Waals surface area contributed by atoms with Crippen molar-refractivity contribution in [2.75, 3.05) is 38.5 Å². The van der Waals surface area contributed by atoms with Crippen LogP contribution in [0.15, 0.2) is 60.7 Å². The number of hydrogen-bond donors (Lipinski definition) is 2. The number of carbonyl (C=O) groups excluding carboxylic acids is 3. The van der Waals surface area contributed by atoms with Crippen molar-refractivity contribution in [3.05, 3.63) is 66.2 Å². The van der Waals surface area contributed by atoms with Gasteiger partial charge < -0.3 is 15.5 Å². The molecule has 3 rings (SSSR count). The van der Waals surface area contributed by atoms with Crippen LogP contribution in [0.1, 0.15) is 23.2 Å². The van der Waals surface area contributed by atoms with Gasteiger partial charge in [0.2, 0.25) is 11.8 Å². The Morgan fingerprint density at radius 2 is 1.53 bits per heavy atom. The Hall–Kier alpha value is -3.19. The van der Waals surface area contributed by atoms with Crippen molar-refractivity contribution in [3.63, 3.8) is 0 Å². The number of amides is 3. The van der Waals surface area contributed by atoms with Crippen LogP contribution < -0.4 is 10.6 Å². The van der Waals surface area contributed by atoms with Gasteiger partial charge in [-0.25, -0.2) is 0 Å². The number of benzene rings is 2. The van der Waals surface area contributed by atoms with Crippen LogP contribution in [0.3, 0.4) is 0 Å². The lowest BCUT2D eigenvalue weighted by Gasteiger charge is -2.32. The highest BCUT2D eigenvalue weighted by molar-refractivity contribution is 5.96. The number of carbonyl (C=O) groups is 3. The lowest BCUT2D eigenvalue weighted by Crippen LogP contribution is -2.48. The summed E-state index contributed by atoms with van der Waals surface area (Å²) in [5.74, 6) is -0.378. The number of nitrogens with one attached hydrogen (secondary N) is 2. The summed E-state index contributed by atoms with van der Waals surface area (Å²) in [5.41, 5.74) is 1.36. The normalized spacial score (nSPS) is 14.7. The first-order valence-corrected chi connectivity index (χ1v) is 10.2. The topological polar surface area (TPSA) is 81.8 Å². The molecule has 7 nitrogen and oxygen atoms in total. The molecular weight excluding hydrogens is 380 g/mol. The molecule has 1 fully saturated rings. The summed E-state index contributed by atoms with van der Waals surface area (Å²) in [6.45, 7) is 1.84. The molecule has 2 aromatic rings. The number of piperidine rings is 1. The van der Waals surface area contributed by atoms with Gasteiger partial charge >= 0.3 is 0 Å². The van der Waals surface area contributed by atoms with Crippen LogP contribution in [0, 0.1) is 0 Å². The van der Waals surface area contributed by atoms with Gasteiger partial charge in [-0.2, -0.15) is 0 Å². The average Bonchev–Trinajstić information content (AvgIpc) is 2.75. The van der Waals surface area contributed by atoms with Gasteiger partial charge in [0, 0.05) is 37.4 Å². The Balaban J connectivity index is 1.37. The van der Waals surface area contributed by atoms with Crippen molar-refractivity contribution in [1.29, 1.82) is 0 Å². The van der Waals surface area contributed by atoms with Crippen molar-refractivity contribution in [1.82, 2.24) is 15.1 Å². The van der Waals surface area contributed by atoms with E-state index in [0.717, 1.165) is 31.6 Å². The van der Waals surface area contributed by atoms with E-state index >= 15 is 0 Å². The minimum absolute atomic E-state index is 0.0213. The van der Waals surface area contributed by atoms with E-state index in [2.05, 4.69) is 15.5 Å². The predicted octanol–water partition coefficient (Wildman–Crippen LogP) is 1.98. The molecule has 2 aromatic carbocycles. The molecule has 0 aromatic heterocycles. The van der Waals surface area contributed by atoms with E-state index in [0.29, 0.717) is 12.1 Å². The Kier molecular flexibility index (Phi) is 7.57. The van der Waals surface area contributed by atoms with E-state index < -0.39 is 0 Å². The van der Waals surface area contributed by atoms with Gasteiger partial charge in [0.25, 0.3) is 5.91 Å². The molecule has 1 aliphatic heterocycles. The zero-order valence-electron chi connectivity index (χ0n) is 17.2. The van der Waals surface area contributed by atoms with Gasteiger partial charge in [-0.15, -0.1) is 0 Å². The molecule has 1 saturated heterocycles. The maximum Gasteiger partial charge on any atom is 0.254 e. The molecule has 3 amide bonds. The van der Waals surface area contributed by atoms with Gasteiger partial charge in [0.15, 0.2) is 0 Å². The van der Waals surface area contributed by atoms with E-state index in [4.69, 9.17) is 0 Å². The molecule has 0 unspecified atom stereocenters. The molecule has 2 N–H and O–H groups in total. The highest BCUT2D eigenvalue weighted by Gasteiger charge is 2.23. The van der Waals surface area contributed by atoms with Gasteiger partial charge in [0.1, 0.15) is 0 Å². The van der Waals surface area contributed by atoms with Crippen LogP contribution in [0.4, 0.5) is 5.69 Å². The van der Waals surface area contributed by atoms with Crippen molar-refractivity contribution in [2.45, 2.75) is 18.9 Å². The number of para-hydroxylation sites is 1. The largest absolute Gasteiger partial charge is 0.352 e. The monoisotopic (exact) mass is 408 g/mol. The molecule has 30 heavy (non-hydrogen) atoms. The molecule has 0 spiro atoms. The second-order valence-corrected chi connectivity index (χ2v) is 7.56. The maximum absolute atomic E-state index is 12.4. The molecule has 158 valence electrons. The first kappa shape index (κ1) is 21.5. The third kappa shape index (κ3) is 6.42. The van der Waals surface area contributed by atoms with Crippen LogP contribution >= 0.6 is 0 Å². The summed E-state index contributed by atoms with van der Waals surface area (Å²) in [5, 5.41) is 5.90. The Bertz CT molecular complexity index is 849. The summed E-state index contributed by atoms with van der Waals surface area (Å²) in [6, 6.07) is 18.4. The number of nitrogens with zero attached hydrogens (tertiary/aromatic N) is 2. The third-order valence-corrected chi connectivity index (χ3v) is 5.13. The molecular formula is C23H28N4O3. The Labute approximate surface area is 177 Å². The number of rotatable bonds is 7. The molecule has 0 aliphatic carbocycles. The average molecular weight is 409 g/mol. The first-order chi connectivity index (χ1) is 14.5. The van der Waals surface area contributed by atoms with Gasteiger partial charge in [-0.05, 0) is 37.1 Å². The van der Waals surface area contributed by atoms with Crippen LogP contribution in [-0.4, -0.2) is 66.8 Å². The summed E-state index contributed by atoms with van der Waals surface area (Å²) >= 11 is 0. The molecule has 1 aliphatic rings. The van der Waals surface area contributed by atoms with Gasteiger partial charge in [-0.3, -0.25) is 19.3 Å². The van der Waals surface area contributed by atoms with Crippen molar-refractivity contribution >= 4 is 23.4 Å². The molecule has 7 heteroatoms. The number of anilines is 1. The van der Waals surface area contributed by atoms with Crippen LogP contribution in [0.25, 0.3) is 0 Å². The first-order valence-electron chi connectivity index (χ1n) is 10.2. The second-order valence-electron chi connectivity index (χ2n) is 7.56. The smallest absolute Gasteiger partial charge is 0.254 e. The maximum atomic E-state index is 12.4. The Morgan fingerprint density at radius 1 is 0.933 bits per heavy atom. The zero-order chi connectivity index (χ0) is 21.3. The van der Waals surface area contributed by atoms with Gasteiger partial charge in [-0.1, -0.05) is 36.4 Å². The fourth-order valence-electron chi connectivity index (χ4n) is 3.52. The second kappa shape index (κ2) is 10.5. The summed E-state index contributed by atoms with van der Waals surface area (Å²) in [4.78, 5) is 40.4. The summed E-state index contributed by atoms with van der Waals surface area (Å²) in [6.07, 6.45) is 1.56. The highest BCUT2D eigenvalue weighted by atomic mass is 16.2. The quantitative estimate of drug-likeness (QED) is 0.734. The zero-order valence-corrected chi connectivity index (χ0v) is 17.2.